The maximum Gasteiger partial charge on any atom is 0.337 e. The molecular weight excluding hydrogens is 390 g/mol. The smallest absolute Gasteiger partial charge is 0.337 e. The minimum atomic E-state index is -0.484. The van der Waals surface area contributed by atoms with Crippen molar-refractivity contribution in [2.24, 2.45) is 0 Å². The molecule has 5 nitrogen and oxygen atoms in total. The van der Waals surface area contributed by atoms with Gasteiger partial charge in [-0.15, -0.1) is 0 Å². The van der Waals surface area contributed by atoms with Crippen LogP contribution in [-0.2, 0) is 16.1 Å². The van der Waals surface area contributed by atoms with Gasteiger partial charge < -0.3 is 14.7 Å². The van der Waals surface area contributed by atoms with Crippen molar-refractivity contribution in [3.63, 3.8) is 0 Å². The number of rotatable bonds is 5. The van der Waals surface area contributed by atoms with Crippen LogP contribution in [-0.4, -0.2) is 29.0 Å². The number of ether oxygens (including phenoxy) is 1. The van der Waals surface area contributed by atoms with Crippen molar-refractivity contribution in [2.45, 2.75) is 19.5 Å². The Bertz CT molecular complexity index is 1130. The monoisotopic (exact) mass is 413 g/mol. The Labute approximate surface area is 181 Å². The quantitative estimate of drug-likeness (QED) is 0.608. The standard InChI is InChI=1S/C26H23NO4/c1-17-8-10-19(11-9-17)22-23(20-12-14-21(15-13-20)26(30)31-2)27(25(29)24(22)28)16-18-6-4-3-5-7-18/h3-15,23,28H,16H2,1-2H3. The molecule has 1 aliphatic heterocycles. The summed E-state index contributed by atoms with van der Waals surface area (Å²) in [6, 6.07) is 23.9. The van der Waals surface area contributed by atoms with Crippen molar-refractivity contribution in [3.05, 3.63) is 112 Å². The first kappa shape index (κ1) is 20.4. The predicted octanol–water partition coefficient (Wildman–Crippen LogP) is 4.83. The Morgan fingerprint density at radius 2 is 1.61 bits per heavy atom. The molecule has 0 radical (unpaired) electrons. The molecule has 1 heterocycles. The number of amides is 1. The molecule has 1 aliphatic rings. The summed E-state index contributed by atoms with van der Waals surface area (Å²) in [6.45, 7) is 2.34. The van der Waals surface area contributed by atoms with Crippen LogP contribution in [0.15, 0.2) is 84.6 Å². The number of aliphatic hydroxyl groups excluding tert-OH is 1. The summed E-state index contributed by atoms with van der Waals surface area (Å²) in [5.41, 5.74) is 4.63. The van der Waals surface area contributed by atoms with E-state index in [0.29, 0.717) is 17.7 Å². The van der Waals surface area contributed by atoms with Gasteiger partial charge >= 0.3 is 5.97 Å². The number of methoxy groups -OCH3 is 1. The summed E-state index contributed by atoms with van der Waals surface area (Å²) in [7, 11) is 1.34. The Kier molecular flexibility index (Phi) is 5.58. The minimum Gasteiger partial charge on any atom is -0.503 e. The number of carbonyl (C=O) groups is 2. The fourth-order valence-corrected chi connectivity index (χ4v) is 3.89. The third kappa shape index (κ3) is 3.94. The van der Waals surface area contributed by atoms with Gasteiger partial charge in [-0.2, -0.15) is 0 Å². The molecule has 1 atom stereocenters. The lowest BCUT2D eigenvalue weighted by atomic mass is 9.92. The van der Waals surface area contributed by atoms with Crippen LogP contribution in [0.5, 0.6) is 0 Å². The number of hydrogen-bond acceptors (Lipinski definition) is 4. The molecule has 156 valence electrons. The molecule has 0 aliphatic carbocycles. The highest BCUT2D eigenvalue weighted by Gasteiger charge is 2.41. The van der Waals surface area contributed by atoms with E-state index < -0.39 is 17.9 Å². The number of benzene rings is 3. The van der Waals surface area contributed by atoms with Gasteiger partial charge in [0.25, 0.3) is 5.91 Å². The molecule has 0 saturated heterocycles. The van der Waals surface area contributed by atoms with Crippen molar-refractivity contribution < 1.29 is 19.4 Å². The lowest BCUT2D eigenvalue weighted by Gasteiger charge is -2.27. The van der Waals surface area contributed by atoms with Crippen molar-refractivity contribution >= 4 is 17.4 Å². The zero-order chi connectivity index (χ0) is 22.0. The molecule has 0 fully saturated rings. The molecule has 4 rings (SSSR count). The van der Waals surface area contributed by atoms with Crippen LogP contribution >= 0.6 is 0 Å². The summed E-state index contributed by atoms with van der Waals surface area (Å²) in [6.07, 6.45) is 0. The average molecular weight is 413 g/mol. The number of aryl methyl sites for hydroxylation is 1. The van der Waals surface area contributed by atoms with Crippen molar-refractivity contribution in [3.8, 4) is 0 Å². The second-order valence-corrected chi connectivity index (χ2v) is 7.56. The molecule has 0 aromatic heterocycles. The number of nitrogens with zero attached hydrogens (tertiary/aromatic N) is 1. The summed E-state index contributed by atoms with van der Waals surface area (Å²) in [4.78, 5) is 26.6. The highest BCUT2D eigenvalue weighted by Crippen LogP contribution is 2.43. The Morgan fingerprint density at radius 3 is 2.23 bits per heavy atom. The van der Waals surface area contributed by atoms with Crippen molar-refractivity contribution in [2.75, 3.05) is 7.11 Å². The maximum absolute atomic E-state index is 13.1. The Balaban J connectivity index is 1.79. The van der Waals surface area contributed by atoms with Crippen LogP contribution in [0.2, 0.25) is 0 Å². The van der Waals surface area contributed by atoms with Crippen LogP contribution in [0.3, 0.4) is 0 Å². The van der Waals surface area contributed by atoms with E-state index in [4.69, 9.17) is 4.74 Å². The molecule has 0 bridgehead atoms. The van der Waals surface area contributed by atoms with E-state index in [2.05, 4.69) is 0 Å². The summed E-state index contributed by atoms with van der Waals surface area (Å²) in [5, 5.41) is 10.9. The minimum absolute atomic E-state index is 0.248. The number of aliphatic hydroxyl groups is 1. The third-order valence-electron chi connectivity index (χ3n) is 5.51. The van der Waals surface area contributed by atoms with Gasteiger partial charge in [0.1, 0.15) is 0 Å². The first-order valence-electron chi connectivity index (χ1n) is 10.0. The van der Waals surface area contributed by atoms with Gasteiger partial charge in [0.2, 0.25) is 0 Å². The van der Waals surface area contributed by atoms with E-state index >= 15 is 0 Å². The van der Waals surface area contributed by atoms with Gasteiger partial charge in [0, 0.05) is 12.1 Å². The predicted molar refractivity (Wildman–Crippen MR) is 118 cm³/mol. The SMILES string of the molecule is COC(=O)c1ccc(C2C(c3ccc(C)cc3)=C(O)C(=O)N2Cc2ccccc2)cc1. The van der Waals surface area contributed by atoms with Crippen LogP contribution in [0.4, 0.5) is 0 Å². The van der Waals surface area contributed by atoms with E-state index in [9.17, 15) is 14.7 Å². The maximum atomic E-state index is 13.1. The molecule has 1 N–H and O–H groups in total. The fourth-order valence-electron chi connectivity index (χ4n) is 3.89. The van der Waals surface area contributed by atoms with E-state index in [1.165, 1.54) is 7.11 Å². The van der Waals surface area contributed by atoms with Gasteiger partial charge in [0.15, 0.2) is 5.76 Å². The van der Waals surface area contributed by atoms with Crippen LogP contribution in [0.1, 0.15) is 38.7 Å². The normalized spacial score (nSPS) is 16.0. The lowest BCUT2D eigenvalue weighted by molar-refractivity contribution is -0.130. The Hall–Kier alpha value is -3.86. The highest BCUT2D eigenvalue weighted by molar-refractivity contribution is 6.05. The van der Waals surface area contributed by atoms with E-state index in [-0.39, 0.29) is 5.76 Å². The molecule has 1 amide bonds. The highest BCUT2D eigenvalue weighted by atomic mass is 16.5. The van der Waals surface area contributed by atoms with Gasteiger partial charge in [-0.05, 0) is 35.7 Å². The van der Waals surface area contributed by atoms with Crippen LogP contribution in [0.25, 0.3) is 5.57 Å². The molecule has 5 heteroatoms. The molecule has 31 heavy (non-hydrogen) atoms. The molecule has 1 unspecified atom stereocenters. The molecule has 0 saturated carbocycles. The first-order valence-corrected chi connectivity index (χ1v) is 10.0. The van der Waals surface area contributed by atoms with Crippen LogP contribution in [0, 0.1) is 6.92 Å². The Morgan fingerprint density at radius 1 is 0.968 bits per heavy atom. The van der Waals surface area contributed by atoms with E-state index in [0.717, 1.165) is 22.3 Å². The zero-order valence-corrected chi connectivity index (χ0v) is 17.4. The third-order valence-corrected chi connectivity index (χ3v) is 5.51. The second-order valence-electron chi connectivity index (χ2n) is 7.56. The number of hydrogen-bond donors (Lipinski definition) is 1. The topological polar surface area (TPSA) is 66.8 Å². The fraction of sp³-hybridized carbons (Fsp3) is 0.154. The van der Waals surface area contributed by atoms with E-state index in [1.54, 1.807) is 29.2 Å². The molecule has 0 spiro atoms. The number of esters is 1. The summed E-state index contributed by atoms with van der Waals surface area (Å²) in [5.74, 6) is -1.09. The average Bonchev–Trinajstić information content (AvgIpc) is 3.05. The zero-order valence-electron chi connectivity index (χ0n) is 17.4. The molecule has 3 aromatic rings. The van der Waals surface area contributed by atoms with Gasteiger partial charge in [-0.3, -0.25) is 4.79 Å². The van der Waals surface area contributed by atoms with Crippen LogP contribution < -0.4 is 0 Å². The van der Waals surface area contributed by atoms with Gasteiger partial charge in [0.05, 0.1) is 18.7 Å². The second kappa shape index (κ2) is 8.48. The first-order chi connectivity index (χ1) is 15.0. The lowest BCUT2D eigenvalue weighted by Crippen LogP contribution is -2.29. The molecule has 3 aromatic carbocycles. The molecular formula is C26H23NO4. The van der Waals surface area contributed by atoms with Gasteiger partial charge in [-0.25, -0.2) is 4.79 Å². The van der Waals surface area contributed by atoms with Crippen molar-refractivity contribution in [1.82, 2.24) is 4.90 Å². The van der Waals surface area contributed by atoms with Crippen molar-refractivity contribution in [1.29, 1.82) is 0 Å². The largest absolute Gasteiger partial charge is 0.503 e. The van der Waals surface area contributed by atoms with Gasteiger partial charge in [-0.1, -0.05) is 72.3 Å². The van der Waals surface area contributed by atoms with E-state index in [1.807, 2.05) is 61.5 Å². The summed E-state index contributed by atoms with van der Waals surface area (Å²) < 4.78 is 4.78. The number of carbonyl (C=O) groups excluding carboxylic acids is 2. The summed E-state index contributed by atoms with van der Waals surface area (Å²) >= 11 is 0.